The molecule has 0 bridgehead atoms. The lowest BCUT2D eigenvalue weighted by molar-refractivity contribution is 0.164. The highest BCUT2D eigenvalue weighted by Crippen LogP contribution is 2.29. The third kappa shape index (κ3) is 1.98. The van der Waals surface area contributed by atoms with Crippen molar-refractivity contribution >= 4 is 0 Å². The van der Waals surface area contributed by atoms with Crippen LogP contribution in [0.2, 0.25) is 0 Å². The summed E-state index contributed by atoms with van der Waals surface area (Å²) in [5, 5.41) is 9.45. The van der Waals surface area contributed by atoms with E-state index in [1.54, 1.807) is 0 Å². The van der Waals surface area contributed by atoms with E-state index in [0.717, 1.165) is 6.42 Å². The monoisotopic (exact) mass is 141 g/mol. The molecular weight excluding hydrogens is 124 g/mol. The van der Waals surface area contributed by atoms with Gasteiger partial charge >= 0.3 is 0 Å². The predicted molar refractivity (Wildman–Crippen MR) is 42.6 cm³/mol. The summed E-state index contributed by atoms with van der Waals surface area (Å²) in [7, 11) is 0. The van der Waals surface area contributed by atoms with E-state index in [-0.39, 0.29) is 6.10 Å². The second kappa shape index (κ2) is 3.97. The molecule has 0 aromatic carbocycles. The van der Waals surface area contributed by atoms with Gasteiger partial charge in [0.15, 0.2) is 0 Å². The van der Waals surface area contributed by atoms with Crippen molar-refractivity contribution in [2.24, 2.45) is 0 Å². The van der Waals surface area contributed by atoms with Crippen molar-refractivity contribution in [3.05, 3.63) is 5.92 Å². The lowest BCUT2D eigenvalue weighted by Gasteiger charge is -2.24. The molecule has 0 aromatic heterocycles. The minimum atomic E-state index is -0.0969. The summed E-state index contributed by atoms with van der Waals surface area (Å²) in [6, 6.07) is 0. The number of hydrogen-bond acceptors (Lipinski definition) is 1. The molecule has 0 aliphatic heterocycles. The molecule has 1 N–H and O–H groups in total. The molecule has 1 rings (SSSR count). The van der Waals surface area contributed by atoms with Crippen LogP contribution in [0.25, 0.3) is 0 Å². The van der Waals surface area contributed by atoms with Gasteiger partial charge in [0, 0.05) is 5.92 Å². The molecule has 1 fully saturated rings. The Morgan fingerprint density at radius 2 is 1.90 bits per heavy atom. The van der Waals surface area contributed by atoms with Crippen LogP contribution in [-0.2, 0) is 0 Å². The van der Waals surface area contributed by atoms with Gasteiger partial charge in [-0.3, -0.25) is 0 Å². The van der Waals surface area contributed by atoms with Crippen LogP contribution in [0.15, 0.2) is 0 Å². The highest BCUT2D eigenvalue weighted by atomic mass is 16.3. The fourth-order valence-electron chi connectivity index (χ4n) is 1.63. The molecule has 59 valence electrons. The van der Waals surface area contributed by atoms with Gasteiger partial charge in [0.05, 0.1) is 6.10 Å². The van der Waals surface area contributed by atoms with Gasteiger partial charge in [0.1, 0.15) is 0 Å². The van der Waals surface area contributed by atoms with Crippen LogP contribution in [0, 0.1) is 5.92 Å². The Balaban J connectivity index is 2.24. The fourth-order valence-corrected chi connectivity index (χ4v) is 1.63. The summed E-state index contributed by atoms with van der Waals surface area (Å²) in [5.74, 6) is 1.40. The summed E-state index contributed by atoms with van der Waals surface area (Å²) in [4.78, 5) is 0. The molecule has 1 nitrogen and oxygen atoms in total. The van der Waals surface area contributed by atoms with Crippen molar-refractivity contribution in [2.75, 3.05) is 0 Å². The molecule has 0 heterocycles. The third-order valence-electron chi connectivity index (χ3n) is 2.35. The van der Waals surface area contributed by atoms with Gasteiger partial charge in [-0.1, -0.05) is 26.2 Å². The Hall–Kier alpha value is -0.0400. The SMILES string of the molecule is CCC(O)[C]1CCCCC1. The first-order valence-electron chi connectivity index (χ1n) is 4.37. The van der Waals surface area contributed by atoms with Gasteiger partial charge in [-0.2, -0.15) is 0 Å². The van der Waals surface area contributed by atoms with Crippen molar-refractivity contribution in [1.82, 2.24) is 0 Å². The van der Waals surface area contributed by atoms with Crippen LogP contribution >= 0.6 is 0 Å². The molecule has 1 atom stereocenters. The zero-order valence-electron chi connectivity index (χ0n) is 6.77. The number of aliphatic hydroxyl groups is 1. The summed E-state index contributed by atoms with van der Waals surface area (Å²) in [6.45, 7) is 2.05. The van der Waals surface area contributed by atoms with Crippen LogP contribution in [0.3, 0.4) is 0 Å². The highest BCUT2D eigenvalue weighted by Gasteiger charge is 2.20. The molecule has 1 aliphatic rings. The largest absolute Gasteiger partial charge is 0.393 e. The first kappa shape index (κ1) is 8.06. The molecule has 0 spiro atoms. The molecule has 1 heteroatoms. The fraction of sp³-hybridized carbons (Fsp3) is 0.889. The van der Waals surface area contributed by atoms with Crippen molar-refractivity contribution in [2.45, 2.75) is 51.6 Å². The summed E-state index contributed by atoms with van der Waals surface area (Å²) < 4.78 is 0. The maximum absolute atomic E-state index is 9.45. The summed E-state index contributed by atoms with van der Waals surface area (Å²) >= 11 is 0. The number of rotatable bonds is 2. The minimum Gasteiger partial charge on any atom is -0.393 e. The molecule has 10 heavy (non-hydrogen) atoms. The maximum Gasteiger partial charge on any atom is 0.0600 e. The number of hydrogen-bond donors (Lipinski definition) is 1. The van der Waals surface area contributed by atoms with E-state index < -0.39 is 0 Å². The molecule has 1 aliphatic carbocycles. The zero-order valence-corrected chi connectivity index (χ0v) is 6.77. The summed E-state index contributed by atoms with van der Waals surface area (Å²) in [6.07, 6.45) is 7.11. The smallest absolute Gasteiger partial charge is 0.0600 e. The zero-order chi connectivity index (χ0) is 7.40. The van der Waals surface area contributed by atoms with Gasteiger partial charge in [-0.05, 0) is 19.3 Å². The van der Waals surface area contributed by atoms with Crippen molar-refractivity contribution in [3.63, 3.8) is 0 Å². The van der Waals surface area contributed by atoms with Crippen LogP contribution in [0.5, 0.6) is 0 Å². The quantitative estimate of drug-likeness (QED) is 0.625. The van der Waals surface area contributed by atoms with Crippen LogP contribution in [0.4, 0.5) is 0 Å². The first-order chi connectivity index (χ1) is 4.84. The second-order valence-electron chi connectivity index (χ2n) is 3.14. The predicted octanol–water partition coefficient (Wildman–Crippen LogP) is 2.30. The molecule has 1 saturated carbocycles. The van der Waals surface area contributed by atoms with Crippen LogP contribution in [-0.4, -0.2) is 11.2 Å². The Morgan fingerprint density at radius 1 is 1.30 bits per heavy atom. The summed E-state index contributed by atoms with van der Waals surface area (Å²) in [5.41, 5.74) is 0. The Morgan fingerprint density at radius 3 is 2.40 bits per heavy atom. The molecule has 0 amide bonds. The average Bonchev–Trinajstić information content (AvgIpc) is 2.05. The molecule has 0 aromatic rings. The Labute approximate surface area is 63.4 Å². The van der Waals surface area contributed by atoms with Crippen LogP contribution in [0.1, 0.15) is 45.4 Å². The third-order valence-corrected chi connectivity index (χ3v) is 2.35. The van der Waals surface area contributed by atoms with Gasteiger partial charge in [-0.15, -0.1) is 0 Å². The van der Waals surface area contributed by atoms with E-state index in [2.05, 4.69) is 0 Å². The Bertz CT molecular complexity index is 84.7. The minimum absolute atomic E-state index is 0.0969. The topological polar surface area (TPSA) is 20.2 Å². The van der Waals surface area contributed by atoms with Gasteiger partial charge in [0.2, 0.25) is 0 Å². The van der Waals surface area contributed by atoms with Crippen molar-refractivity contribution < 1.29 is 5.11 Å². The van der Waals surface area contributed by atoms with E-state index in [4.69, 9.17) is 0 Å². The first-order valence-corrected chi connectivity index (χ1v) is 4.37. The van der Waals surface area contributed by atoms with Crippen molar-refractivity contribution in [3.8, 4) is 0 Å². The molecular formula is C9H17O. The second-order valence-corrected chi connectivity index (χ2v) is 3.14. The highest BCUT2D eigenvalue weighted by molar-refractivity contribution is 4.98. The maximum atomic E-state index is 9.45. The molecule has 0 saturated heterocycles. The number of aliphatic hydroxyl groups excluding tert-OH is 1. The standard InChI is InChI=1S/C9H17O/c1-2-9(10)8-6-4-3-5-7-8/h9-10H,2-7H2,1H3. The van der Waals surface area contributed by atoms with Crippen molar-refractivity contribution in [1.29, 1.82) is 0 Å². The van der Waals surface area contributed by atoms with E-state index in [0.29, 0.717) is 0 Å². The lowest BCUT2D eigenvalue weighted by Crippen LogP contribution is -2.19. The van der Waals surface area contributed by atoms with E-state index in [1.165, 1.54) is 38.0 Å². The lowest BCUT2D eigenvalue weighted by atomic mass is 9.84. The van der Waals surface area contributed by atoms with E-state index in [9.17, 15) is 5.11 Å². The van der Waals surface area contributed by atoms with Gasteiger partial charge in [0.25, 0.3) is 0 Å². The normalized spacial score (nSPS) is 24.6. The van der Waals surface area contributed by atoms with Gasteiger partial charge in [-0.25, -0.2) is 0 Å². The van der Waals surface area contributed by atoms with E-state index in [1.807, 2.05) is 6.92 Å². The van der Waals surface area contributed by atoms with E-state index >= 15 is 0 Å². The average molecular weight is 141 g/mol. The molecule has 1 unspecified atom stereocenters. The van der Waals surface area contributed by atoms with Crippen LogP contribution < -0.4 is 0 Å². The molecule has 1 radical (unpaired) electrons. The Kier molecular flexibility index (Phi) is 3.20. The van der Waals surface area contributed by atoms with Gasteiger partial charge < -0.3 is 5.11 Å².